The summed E-state index contributed by atoms with van der Waals surface area (Å²) in [4.78, 5) is 24.1. The number of amidine groups is 1. The molecule has 0 bridgehead atoms. The first-order valence-electron chi connectivity index (χ1n) is 7.10. The summed E-state index contributed by atoms with van der Waals surface area (Å²) in [5, 5.41) is 12.4. The van der Waals surface area contributed by atoms with E-state index in [0.717, 1.165) is 24.3 Å². The molecule has 1 saturated carbocycles. The Labute approximate surface area is 131 Å². The number of rotatable bonds is 1. The van der Waals surface area contributed by atoms with Crippen molar-refractivity contribution in [1.82, 2.24) is 5.43 Å². The maximum Gasteiger partial charge on any atom is 0.369 e. The van der Waals surface area contributed by atoms with Gasteiger partial charge in [0.2, 0.25) is 0 Å². The SMILES string of the molecule is CSC1=NNC(=NN=C2C(=O)OC3(CCCCC3)OC2=O)C1. The highest BCUT2D eigenvalue weighted by Gasteiger charge is 2.47. The normalized spacial score (nSPS) is 25.6. The highest BCUT2D eigenvalue weighted by molar-refractivity contribution is 8.13. The van der Waals surface area contributed by atoms with Gasteiger partial charge in [-0.05, 0) is 19.1 Å². The van der Waals surface area contributed by atoms with Gasteiger partial charge in [0.1, 0.15) is 5.04 Å². The van der Waals surface area contributed by atoms with Gasteiger partial charge in [0.05, 0.1) is 6.42 Å². The molecule has 22 heavy (non-hydrogen) atoms. The topological polar surface area (TPSA) is 102 Å². The zero-order chi connectivity index (χ0) is 15.6. The van der Waals surface area contributed by atoms with Crippen molar-refractivity contribution in [2.75, 3.05) is 6.26 Å². The number of esters is 2. The van der Waals surface area contributed by atoms with Crippen LogP contribution in [0.5, 0.6) is 0 Å². The summed E-state index contributed by atoms with van der Waals surface area (Å²) in [5.74, 6) is -2.17. The van der Waals surface area contributed by atoms with Crippen LogP contribution in [0.1, 0.15) is 38.5 Å². The van der Waals surface area contributed by atoms with Crippen molar-refractivity contribution < 1.29 is 19.1 Å². The van der Waals surface area contributed by atoms with E-state index in [9.17, 15) is 9.59 Å². The molecule has 2 aliphatic heterocycles. The molecule has 1 saturated heterocycles. The lowest BCUT2D eigenvalue weighted by molar-refractivity contribution is -0.237. The Balaban J connectivity index is 1.71. The molecule has 0 amide bonds. The fourth-order valence-corrected chi connectivity index (χ4v) is 2.97. The van der Waals surface area contributed by atoms with Crippen LogP contribution in [0.3, 0.4) is 0 Å². The molecule has 1 spiro atoms. The quantitative estimate of drug-likeness (QED) is 0.574. The first-order chi connectivity index (χ1) is 10.6. The van der Waals surface area contributed by atoms with Gasteiger partial charge < -0.3 is 9.47 Å². The molecule has 0 aromatic heterocycles. The lowest BCUT2D eigenvalue weighted by atomic mass is 9.93. The Kier molecular flexibility index (Phi) is 4.14. The van der Waals surface area contributed by atoms with Gasteiger partial charge in [-0.2, -0.15) is 5.10 Å². The number of carbonyl (C=O) groups excluding carboxylic acids is 2. The van der Waals surface area contributed by atoms with Crippen molar-refractivity contribution >= 4 is 40.3 Å². The van der Waals surface area contributed by atoms with E-state index in [1.54, 1.807) is 0 Å². The Bertz CT molecular complexity index is 571. The molecule has 3 aliphatic rings. The number of ether oxygens (including phenoxy) is 2. The highest BCUT2D eigenvalue weighted by atomic mass is 32.2. The first-order valence-corrected chi connectivity index (χ1v) is 8.32. The summed E-state index contributed by atoms with van der Waals surface area (Å²) in [7, 11) is 0. The summed E-state index contributed by atoms with van der Waals surface area (Å²) < 4.78 is 10.6. The molecule has 9 heteroatoms. The van der Waals surface area contributed by atoms with Crippen LogP contribution >= 0.6 is 11.8 Å². The van der Waals surface area contributed by atoms with Crippen LogP contribution in [-0.2, 0) is 19.1 Å². The van der Waals surface area contributed by atoms with E-state index in [2.05, 4.69) is 20.7 Å². The van der Waals surface area contributed by atoms with Gasteiger partial charge in [-0.25, -0.2) is 9.59 Å². The number of hydrogen-bond acceptors (Lipinski definition) is 8. The molecular weight excluding hydrogens is 308 g/mol. The maximum atomic E-state index is 12.0. The van der Waals surface area contributed by atoms with E-state index in [0.29, 0.717) is 25.1 Å². The second kappa shape index (κ2) is 6.07. The molecule has 3 rings (SSSR count). The van der Waals surface area contributed by atoms with Crippen LogP contribution in [0.15, 0.2) is 15.3 Å². The highest BCUT2D eigenvalue weighted by Crippen LogP contribution is 2.35. The van der Waals surface area contributed by atoms with Gasteiger partial charge in [-0.1, -0.05) is 6.42 Å². The second-order valence-corrected chi connectivity index (χ2v) is 6.12. The van der Waals surface area contributed by atoms with Gasteiger partial charge in [-0.15, -0.1) is 22.0 Å². The van der Waals surface area contributed by atoms with Crippen molar-refractivity contribution in [2.24, 2.45) is 15.3 Å². The van der Waals surface area contributed by atoms with Crippen LogP contribution in [0.4, 0.5) is 0 Å². The van der Waals surface area contributed by atoms with Crippen LogP contribution in [0.25, 0.3) is 0 Å². The average molecular weight is 324 g/mol. The molecule has 2 heterocycles. The summed E-state index contributed by atoms with van der Waals surface area (Å²) in [6.07, 6.45) is 6.26. The van der Waals surface area contributed by atoms with Gasteiger partial charge in [-0.3, -0.25) is 5.43 Å². The molecule has 1 N–H and O–H groups in total. The van der Waals surface area contributed by atoms with E-state index in [4.69, 9.17) is 9.47 Å². The zero-order valence-electron chi connectivity index (χ0n) is 12.1. The van der Waals surface area contributed by atoms with Crippen molar-refractivity contribution in [3.05, 3.63) is 0 Å². The van der Waals surface area contributed by atoms with E-state index >= 15 is 0 Å². The van der Waals surface area contributed by atoms with Crippen molar-refractivity contribution in [3.63, 3.8) is 0 Å². The summed E-state index contributed by atoms with van der Waals surface area (Å²) in [6, 6.07) is 0. The number of hydrogen-bond donors (Lipinski definition) is 1. The Hall–Kier alpha value is -1.90. The van der Waals surface area contributed by atoms with Gasteiger partial charge in [0, 0.05) is 12.8 Å². The number of nitrogens with zero attached hydrogens (tertiary/aromatic N) is 3. The van der Waals surface area contributed by atoms with Crippen LogP contribution in [0.2, 0.25) is 0 Å². The first kappa shape index (κ1) is 15.0. The average Bonchev–Trinajstić information content (AvgIpc) is 2.95. The van der Waals surface area contributed by atoms with Crippen LogP contribution < -0.4 is 5.43 Å². The number of nitrogens with one attached hydrogen (secondary N) is 1. The molecule has 8 nitrogen and oxygen atoms in total. The van der Waals surface area contributed by atoms with E-state index in [1.165, 1.54) is 11.8 Å². The lowest BCUT2D eigenvalue weighted by Crippen LogP contribution is -2.51. The summed E-state index contributed by atoms with van der Waals surface area (Å²) in [6.45, 7) is 0. The molecule has 0 aromatic carbocycles. The Morgan fingerprint density at radius 3 is 2.41 bits per heavy atom. The number of carbonyl (C=O) groups is 2. The third-order valence-electron chi connectivity index (χ3n) is 3.69. The van der Waals surface area contributed by atoms with Crippen LogP contribution in [0, 0.1) is 0 Å². The number of hydrazone groups is 1. The standard InChI is InChI=1S/C13H16N4O4S/c1-22-9-7-8(14-16-9)15-17-10-11(18)20-13(21-12(10)19)5-3-2-4-6-13/h2-7H2,1H3,(H,14,15). The molecule has 0 radical (unpaired) electrons. The smallest absolute Gasteiger partial charge is 0.369 e. The minimum absolute atomic E-state index is 0.428. The van der Waals surface area contributed by atoms with E-state index in [-0.39, 0.29) is 0 Å². The van der Waals surface area contributed by atoms with Gasteiger partial charge >= 0.3 is 11.9 Å². The van der Waals surface area contributed by atoms with E-state index < -0.39 is 23.4 Å². The third kappa shape index (κ3) is 2.99. The van der Waals surface area contributed by atoms with Crippen molar-refractivity contribution in [3.8, 4) is 0 Å². The monoisotopic (exact) mass is 324 g/mol. The van der Waals surface area contributed by atoms with E-state index in [1.807, 2.05) is 6.26 Å². The minimum Gasteiger partial charge on any atom is -0.417 e. The Morgan fingerprint density at radius 1 is 1.14 bits per heavy atom. The zero-order valence-corrected chi connectivity index (χ0v) is 12.9. The molecular formula is C13H16N4O4S. The Morgan fingerprint density at radius 2 is 1.82 bits per heavy atom. The van der Waals surface area contributed by atoms with Gasteiger partial charge in [0.25, 0.3) is 11.5 Å². The summed E-state index contributed by atoms with van der Waals surface area (Å²) in [5.41, 5.74) is 2.26. The van der Waals surface area contributed by atoms with Crippen LogP contribution in [-0.4, -0.2) is 40.6 Å². The fourth-order valence-electron chi connectivity index (χ4n) is 2.55. The predicted molar refractivity (Wildman–Crippen MR) is 81.6 cm³/mol. The lowest BCUT2D eigenvalue weighted by Gasteiger charge is -2.38. The largest absolute Gasteiger partial charge is 0.417 e. The predicted octanol–water partition coefficient (Wildman–Crippen LogP) is 1.17. The van der Waals surface area contributed by atoms with Gasteiger partial charge in [0.15, 0.2) is 5.84 Å². The number of thioether (sulfide) groups is 1. The molecule has 2 fully saturated rings. The molecule has 1 aliphatic carbocycles. The molecule has 0 unspecified atom stereocenters. The molecule has 0 atom stereocenters. The molecule has 118 valence electrons. The minimum atomic E-state index is -1.10. The fraction of sp³-hybridized carbons (Fsp3) is 0.615. The third-order valence-corrected chi connectivity index (χ3v) is 4.40. The second-order valence-electron chi connectivity index (χ2n) is 5.24. The summed E-state index contributed by atoms with van der Waals surface area (Å²) >= 11 is 1.49. The van der Waals surface area contributed by atoms with Crippen molar-refractivity contribution in [2.45, 2.75) is 44.3 Å². The maximum absolute atomic E-state index is 12.0. The molecule has 0 aromatic rings. The van der Waals surface area contributed by atoms with Crippen molar-refractivity contribution in [1.29, 1.82) is 0 Å².